The van der Waals surface area contributed by atoms with Crippen molar-refractivity contribution in [3.63, 3.8) is 0 Å². The van der Waals surface area contributed by atoms with Crippen LogP contribution in [0.25, 0.3) is 10.8 Å². The highest BCUT2D eigenvalue weighted by Gasteiger charge is 2.18. The number of nitriles is 11. The Morgan fingerprint density at radius 3 is 1.05 bits per heavy atom. The van der Waals surface area contributed by atoms with E-state index in [-0.39, 0.29) is 83.3 Å². The minimum absolute atomic E-state index is 0.0453. The fraction of sp³-hybridized carbons (Fsp3) is 0.0309. The lowest BCUT2D eigenvalue weighted by Crippen LogP contribution is -2.02. The predicted octanol–water partition coefficient (Wildman–Crippen LogP) is 23.8. The molecule has 12 aromatic carbocycles. The number of isothiocyanates is 1. The number of phenols is 2. The molecule has 0 atom stereocenters. The number of aromatic hydroxyl groups is 2. The normalized spacial score (nSPS) is 9.19. The summed E-state index contributed by atoms with van der Waals surface area (Å²) in [7, 11) is 1.47. The van der Waals surface area contributed by atoms with E-state index in [1.807, 2.05) is 79.1 Å². The third kappa shape index (κ3) is 47.6. The number of thiocarbonyl (C=S) groups is 1. The summed E-state index contributed by atoms with van der Waals surface area (Å²) in [5.41, 5.74) is 2.88. The van der Waals surface area contributed by atoms with Crippen LogP contribution in [0.15, 0.2) is 289 Å². The minimum Gasteiger partial charge on any atom is -0.507 e. The van der Waals surface area contributed by atoms with Gasteiger partial charge in [0.15, 0.2) is 0 Å². The van der Waals surface area contributed by atoms with Gasteiger partial charge in [0.1, 0.15) is 87.8 Å². The van der Waals surface area contributed by atoms with Crippen molar-refractivity contribution >= 4 is 246 Å². The number of aliphatic imine (C=N–C) groups is 1. The van der Waals surface area contributed by atoms with Gasteiger partial charge in [-0.2, -0.15) is 62.9 Å². The molecule has 0 fully saturated rings. The molecule has 0 aliphatic rings. The van der Waals surface area contributed by atoms with Crippen molar-refractivity contribution in [3.05, 3.63) is 313 Å². The number of thioether (sulfide) groups is 11. The Kier molecular flexibility index (Phi) is 59.2. The van der Waals surface area contributed by atoms with Gasteiger partial charge in [-0.05, 0) is 384 Å². The van der Waals surface area contributed by atoms with Crippen LogP contribution >= 0.6 is 153 Å². The third-order valence-corrected chi connectivity index (χ3v) is 23.7. The highest BCUT2D eigenvalue weighted by atomic mass is 35.5. The fourth-order valence-corrected chi connectivity index (χ4v) is 15.4. The highest BCUT2D eigenvalue weighted by Crippen LogP contribution is 2.34. The molecule has 0 aliphatic carbocycles. The number of fused-ring (bicyclic) bond motifs is 1. The molecule has 52 heteroatoms. The molecule has 0 bridgehead atoms. The number of hydrogen-bond donors (Lipinski definition) is 14. The number of hydrogen-bond acceptors (Lipinski definition) is 39. The van der Waals surface area contributed by atoms with Gasteiger partial charge >= 0.3 is 71.6 Å². The van der Waals surface area contributed by atoms with E-state index in [0.29, 0.717) is 50.6 Å². The average Bonchev–Trinajstić information content (AvgIpc) is 0.813. The van der Waals surface area contributed by atoms with Gasteiger partial charge in [-0.15, -0.1) is 0 Å². The molecule has 0 saturated carbocycles. The Bertz CT molecular complexity index is 7370. The number of aryl methyl sites for hydroxylation is 2. The van der Waals surface area contributed by atoms with Gasteiger partial charge in [-0.3, -0.25) is 0 Å². The van der Waals surface area contributed by atoms with Crippen LogP contribution in [0.5, 0.6) is 17.2 Å². The average molecular weight is 2250 g/mol. The summed E-state index contributed by atoms with van der Waals surface area (Å²) in [5, 5.41) is 239. The van der Waals surface area contributed by atoms with Gasteiger partial charge in [-0.1, -0.05) is 35.9 Å². The van der Waals surface area contributed by atoms with E-state index < -0.39 is 71.6 Å². The Morgan fingerprint density at radius 1 is 0.268 bits per heavy atom. The highest BCUT2D eigenvalue weighted by molar-refractivity contribution is 8.06. The topological polar surface area (TPSA) is 771 Å². The predicted molar refractivity (Wildman–Crippen MR) is 557 cm³/mol. The molecule has 39 nitrogen and oxygen atoms in total. The maximum absolute atomic E-state index is 10.8. The first-order valence-electron chi connectivity index (χ1n) is 38.7. The molecule has 0 aliphatic heterocycles. The number of carboxylic acid groups (broad SMARTS) is 12. The quantitative estimate of drug-likeness (QED) is 0.0109. The number of halogens is 1. The van der Waals surface area contributed by atoms with Crippen LogP contribution in [0.3, 0.4) is 0 Å². The summed E-state index contributed by atoms with van der Waals surface area (Å²) in [4.78, 5) is 137. The van der Waals surface area contributed by atoms with Gasteiger partial charge in [0.25, 0.3) is 0 Å². The number of nitrogens with zero attached hydrogens (tertiary/aromatic N) is 12. The van der Waals surface area contributed by atoms with Crippen molar-refractivity contribution in [2.45, 2.75) is 67.7 Å². The third-order valence-electron chi connectivity index (χ3n) is 16.6. The van der Waals surface area contributed by atoms with Gasteiger partial charge in [-0.25, -0.2) is 57.5 Å². The van der Waals surface area contributed by atoms with Crippen LogP contribution < -0.4 is 4.74 Å². The Balaban J connectivity index is 0.000000554. The summed E-state index contributed by atoms with van der Waals surface area (Å²) in [6, 6.07) is 56.9. The maximum Gasteiger partial charge on any atom is 0.339 e. The van der Waals surface area contributed by atoms with E-state index in [1.54, 1.807) is 85.1 Å². The van der Waals surface area contributed by atoms with Crippen LogP contribution in [-0.2, 0) is 0 Å². The van der Waals surface area contributed by atoms with Gasteiger partial charge in [0.05, 0.1) is 83.5 Å². The molecule has 0 aromatic heterocycles. The first kappa shape index (κ1) is 127. The zero-order valence-electron chi connectivity index (χ0n) is 75.2. The van der Waals surface area contributed by atoms with Crippen LogP contribution in [0.1, 0.15) is 135 Å². The molecule has 0 heterocycles. The second-order valence-corrected chi connectivity index (χ2v) is 36.0. The van der Waals surface area contributed by atoms with E-state index in [2.05, 4.69) is 22.4 Å². The zero-order valence-corrected chi connectivity index (χ0v) is 85.7. The van der Waals surface area contributed by atoms with Crippen molar-refractivity contribution in [1.29, 1.82) is 57.9 Å². The second kappa shape index (κ2) is 69.3. The molecule has 0 amide bonds. The number of aromatic carboxylic acids is 12. The lowest BCUT2D eigenvalue weighted by Gasteiger charge is -2.04. The number of thiocyanates is 11. The molecule has 0 saturated heterocycles. The number of carbonyl (C=O) groups is 12. The molecule has 0 spiro atoms. The van der Waals surface area contributed by atoms with Crippen molar-refractivity contribution in [2.75, 3.05) is 7.11 Å². The maximum atomic E-state index is 10.8. The first-order chi connectivity index (χ1) is 70.8. The lowest BCUT2D eigenvalue weighted by atomic mass is 10.1. The SMILES string of the molecule is COc1ccc(C(=O)O)cc1SC#N.Cc1cc(C(=O)O)ccc1SC#N.Cc1ccc(C(=O)O)cc1SC#N.N#CSc1cc(C(=O)O)cc(C(=O)O)c1.N#CSc1cc(N=C=S)cc(C(=O)O)c1.N#CSc1ccc(C(=O)O)c(Cl)c1.N#CSc1ccc(C(=O)O)c(O)c1.N#CSc1ccc(C(=O)O)cc1.N#CSc1ccc(O)c(C(=O)O)c1.N#CSc1ccc2cc(C(=O)O)ccc2c1.N#CSc1cccc(C(=O)O)c1. The molecular formula is C97H61ClN12O27S12. The van der Waals surface area contributed by atoms with Crippen LogP contribution in [-0.4, -0.2) is 155 Å². The van der Waals surface area contributed by atoms with Crippen molar-refractivity contribution in [2.24, 2.45) is 4.99 Å². The van der Waals surface area contributed by atoms with Gasteiger partial charge in [0.2, 0.25) is 0 Å². The Morgan fingerprint density at radius 2 is 0.604 bits per heavy atom. The molecule has 12 rings (SSSR count). The largest absolute Gasteiger partial charge is 0.507 e. The monoisotopic (exact) mass is 2240 g/mol. The van der Waals surface area contributed by atoms with Gasteiger partial charge < -0.3 is 76.2 Å². The number of methoxy groups -OCH3 is 1. The molecule has 14 N–H and O–H groups in total. The fourth-order valence-electron chi connectivity index (χ4n) is 10.0. The van der Waals surface area contributed by atoms with Crippen molar-refractivity contribution in [3.8, 4) is 76.7 Å². The van der Waals surface area contributed by atoms with Crippen molar-refractivity contribution in [1.82, 2.24) is 0 Å². The van der Waals surface area contributed by atoms with E-state index >= 15 is 0 Å². The van der Waals surface area contributed by atoms with E-state index in [9.17, 15) is 62.6 Å². The summed E-state index contributed by atoms with van der Waals surface area (Å²) < 4.78 is 4.97. The standard InChI is InChI=1S/C12H7NO2S.C9H4N2O2S2.C9H5NO4S.C9H7NO3S.2C9H7NO2S.C8H4ClNO2S.2C8H5NO3S.2C8H5NO2S/c13-7-16-11-4-3-8-5-10(12(14)15)2-1-9(8)6-11;10-4-15-8-2-6(9(12)13)1-7(3-8)11-5-14;10-4-15-7-2-5(8(11)12)1-6(3-7)9(13)14;1-13-7-3-2-6(9(11)12)4-8(7)14-5-10;1-6-4-7(9(11)12)2-3-8(6)13-5-10;1-6-2-3-7(9(11)12)4-8(6)13-5-10;9-7-3-5(13-4-10)1-2-6(7)8(11)12;9-4-13-5-1-2-7(10)6(3-5)8(11)12;9-4-13-5-1-2-6(8(11)12)7(10)3-5;9-5-12-7-3-1-6(2-4-7)8(10)11;9-5-12-7-3-1-2-6(4-7)8(10)11/h1-6H,(H,14,15);1-3H,(H,12,13);1-3H,(H,11,12)(H,13,14);2-4H,1H3,(H,11,12);2*2-4H,1H3,(H,11,12);1-3H,(H,11,12);2*1-3,10H,(H,11,12);2*1-4H,(H,10,11). The summed E-state index contributed by atoms with van der Waals surface area (Å²) >= 11 is 20.2. The molecular weight excluding hydrogens is 2190 g/mol. The smallest absolute Gasteiger partial charge is 0.339 e. The summed E-state index contributed by atoms with van der Waals surface area (Å²) in [6.45, 7) is 3.62. The Labute approximate surface area is 900 Å². The minimum atomic E-state index is -1.22. The molecule has 0 unspecified atom stereocenters. The molecule has 149 heavy (non-hydrogen) atoms. The van der Waals surface area contributed by atoms with E-state index in [0.717, 1.165) is 172 Å². The molecule has 12 aromatic rings. The van der Waals surface area contributed by atoms with E-state index in [4.69, 9.17) is 141 Å². The van der Waals surface area contributed by atoms with Crippen LogP contribution in [0, 0.1) is 131 Å². The zero-order chi connectivity index (χ0) is 112. The van der Waals surface area contributed by atoms with Gasteiger partial charge in [0, 0.05) is 49.0 Å². The van der Waals surface area contributed by atoms with Crippen molar-refractivity contribution < 1.29 is 134 Å². The number of ether oxygens (including phenoxy) is 1. The molecule has 0 radical (unpaired) electrons. The summed E-state index contributed by atoms with van der Waals surface area (Å²) in [5.74, 6) is -12.9. The number of benzene rings is 12. The van der Waals surface area contributed by atoms with Crippen LogP contribution in [0.2, 0.25) is 5.02 Å². The number of rotatable bonds is 25. The van der Waals surface area contributed by atoms with E-state index in [1.165, 1.54) is 141 Å². The Hall–Kier alpha value is -17.7. The first-order valence-corrected chi connectivity index (χ1v) is 48.5. The summed E-state index contributed by atoms with van der Waals surface area (Å²) in [6.07, 6.45) is 0. The number of carboxylic acids is 12. The molecule has 750 valence electrons. The van der Waals surface area contributed by atoms with Crippen LogP contribution in [0.4, 0.5) is 5.69 Å². The second-order valence-electron chi connectivity index (χ2n) is 26.1. The lowest BCUT2D eigenvalue weighted by molar-refractivity contribution is 0.0677.